The highest BCUT2D eigenvalue weighted by molar-refractivity contribution is 7.89. The van der Waals surface area contributed by atoms with Crippen LogP contribution in [0.1, 0.15) is 17.0 Å². The number of ether oxygens (including phenoxy) is 1. The van der Waals surface area contributed by atoms with Crippen molar-refractivity contribution in [1.29, 1.82) is 0 Å². The van der Waals surface area contributed by atoms with Crippen molar-refractivity contribution in [3.05, 3.63) is 41.3 Å². The van der Waals surface area contributed by atoms with E-state index in [1.165, 1.54) is 19.2 Å². The third-order valence-corrected chi connectivity index (χ3v) is 4.24. The standard InChI is InChI=1S/C13H16N2O5S/c1-9-5-11(15-20-9)7-14-21(17,18)13-6-10(8-16)3-4-12(13)19-2/h3-6,14,16H,7-8H2,1-2H3. The van der Waals surface area contributed by atoms with Gasteiger partial charge in [-0.2, -0.15) is 0 Å². The van der Waals surface area contributed by atoms with Gasteiger partial charge in [0.1, 0.15) is 16.4 Å². The van der Waals surface area contributed by atoms with Crippen molar-refractivity contribution in [2.24, 2.45) is 0 Å². The summed E-state index contributed by atoms with van der Waals surface area (Å²) in [7, 11) is -2.41. The van der Waals surface area contributed by atoms with Crippen LogP contribution in [-0.4, -0.2) is 25.8 Å². The van der Waals surface area contributed by atoms with Crippen molar-refractivity contribution in [3.63, 3.8) is 0 Å². The molecule has 2 N–H and O–H groups in total. The maximum absolute atomic E-state index is 12.3. The van der Waals surface area contributed by atoms with Gasteiger partial charge >= 0.3 is 0 Å². The van der Waals surface area contributed by atoms with Crippen LogP contribution in [0.2, 0.25) is 0 Å². The average molecular weight is 312 g/mol. The lowest BCUT2D eigenvalue weighted by molar-refractivity contribution is 0.281. The Morgan fingerprint density at radius 3 is 2.71 bits per heavy atom. The summed E-state index contributed by atoms with van der Waals surface area (Å²) in [5.74, 6) is 0.806. The molecule has 1 aromatic carbocycles. The van der Waals surface area contributed by atoms with Crippen LogP contribution in [0.15, 0.2) is 33.7 Å². The van der Waals surface area contributed by atoms with E-state index in [-0.39, 0.29) is 23.8 Å². The summed E-state index contributed by atoms with van der Waals surface area (Å²) in [6.07, 6.45) is 0. The van der Waals surface area contributed by atoms with Gasteiger partial charge in [0.15, 0.2) is 0 Å². The monoisotopic (exact) mass is 312 g/mol. The number of hydrogen-bond donors (Lipinski definition) is 2. The number of benzene rings is 1. The predicted molar refractivity (Wildman–Crippen MR) is 74.2 cm³/mol. The highest BCUT2D eigenvalue weighted by atomic mass is 32.2. The fraction of sp³-hybridized carbons (Fsp3) is 0.308. The molecule has 21 heavy (non-hydrogen) atoms. The van der Waals surface area contributed by atoms with Gasteiger partial charge in [-0.25, -0.2) is 13.1 Å². The van der Waals surface area contributed by atoms with Crippen LogP contribution in [-0.2, 0) is 23.2 Å². The number of rotatable bonds is 6. The molecule has 8 heteroatoms. The quantitative estimate of drug-likeness (QED) is 0.824. The molecule has 0 aliphatic rings. The van der Waals surface area contributed by atoms with Gasteiger partial charge in [0.25, 0.3) is 0 Å². The molecule has 0 bridgehead atoms. The summed E-state index contributed by atoms with van der Waals surface area (Å²) < 4.78 is 37.0. The van der Waals surface area contributed by atoms with E-state index in [9.17, 15) is 8.42 Å². The fourth-order valence-electron chi connectivity index (χ4n) is 1.78. The van der Waals surface area contributed by atoms with Gasteiger partial charge in [-0.1, -0.05) is 11.2 Å². The molecule has 0 amide bonds. The van der Waals surface area contributed by atoms with Gasteiger partial charge < -0.3 is 14.4 Å². The zero-order valence-electron chi connectivity index (χ0n) is 11.7. The minimum absolute atomic E-state index is 0.00613. The van der Waals surface area contributed by atoms with E-state index in [1.54, 1.807) is 19.1 Å². The SMILES string of the molecule is COc1ccc(CO)cc1S(=O)(=O)NCc1cc(C)on1. The summed E-state index contributed by atoms with van der Waals surface area (Å²) >= 11 is 0. The lowest BCUT2D eigenvalue weighted by Gasteiger charge is -2.11. The largest absolute Gasteiger partial charge is 0.495 e. The van der Waals surface area contributed by atoms with Gasteiger partial charge in [-0.3, -0.25) is 0 Å². The van der Waals surface area contributed by atoms with E-state index in [2.05, 4.69) is 9.88 Å². The Morgan fingerprint density at radius 1 is 1.38 bits per heavy atom. The summed E-state index contributed by atoms with van der Waals surface area (Å²) in [5, 5.41) is 12.8. The van der Waals surface area contributed by atoms with Crippen molar-refractivity contribution < 1.29 is 22.8 Å². The Balaban J connectivity index is 2.26. The second-order valence-electron chi connectivity index (χ2n) is 4.40. The van der Waals surface area contributed by atoms with Gasteiger partial charge in [-0.15, -0.1) is 0 Å². The van der Waals surface area contributed by atoms with Crippen LogP contribution in [0.5, 0.6) is 5.75 Å². The lowest BCUT2D eigenvalue weighted by Crippen LogP contribution is -2.24. The summed E-state index contributed by atoms with van der Waals surface area (Å²) in [6, 6.07) is 6.11. The van der Waals surface area contributed by atoms with E-state index in [1.807, 2.05) is 0 Å². The first-order valence-corrected chi connectivity index (χ1v) is 7.64. The molecule has 0 spiro atoms. The van der Waals surface area contributed by atoms with Crippen molar-refractivity contribution in [3.8, 4) is 5.75 Å². The number of hydrogen-bond acceptors (Lipinski definition) is 6. The predicted octanol–water partition coefficient (Wildman–Crippen LogP) is 0.962. The number of aromatic nitrogens is 1. The summed E-state index contributed by atoms with van der Waals surface area (Å²) in [5.41, 5.74) is 0.960. The minimum atomic E-state index is -3.79. The molecule has 0 aliphatic carbocycles. The van der Waals surface area contributed by atoms with Crippen molar-refractivity contribution in [2.45, 2.75) is 25.0 Å². The summed E-state index contributed by atoms with van der Waals surface area (Å²) in [6.45, 7) is 1.47. The van der Waals surface area contributed by atoms with Gasteiger partial charge in [-0.05, 0) is 24.6 Å². The van der Waals surface area contributed by atoms with E-state index in [4.69, 9.17) is 14.4 Å². The molecular formula is C13H16N2O5S. The van der Waals surface area contributed by atoms with Crippen LogP contribution in [0.3, 0.4) is 0 Å². The number of sulfonamides is 1. The Morgan fingerprint density at radius 2 is 2.14 bits per heavy atom. The zero-order chi connectivity index (χ0) is 15.5. The number of nitrogens with zero attached hydrogens (tertiary/aromatic N) is 1. The third kappa shape index (κ3) is 3.60. The van der Waals surface area contributed by atoms with E-state index < -0.39 is 10.0 Å². The Bertz CT molecular complexity index is 724. The number of aliphatic hydroxyl groups is 1. The molecule has 114 valence electrons. The molecule has 0 saturated carbocycles. The Kier molecular flexibility index (Phi) is 4.61. The topological polar surface area (TPSA) is 102 Å². The number of aryl methyl sites for hydroxylation is 1. The second-order valence-corrected chi connectivity index (χ2v) is 6.13. The number of methoxy groups -OCH3 is 1. The second kappa shape index (κ2) is 6.25. The number of aliphatic hydroxyl groups excluding tert-OH is 1. The molecular weight excluding hydrogens is 296 g/mol. The minimum Gasteiger partial charge on any atom is -0.495 e. The molecule has 0 fully saturated rings. The molecule has 7 nitrogen and oxygen atoms in total. The van der Waals surface area contributed by atoms with Gasteiger partial charge in [0.2, 0.25) is 10.0 Å². The van der Waals surface area contributed by atoms with Crippen LogP contribution in [0.4, 0.5) is 0 Å². The smallest absolute Gasteiger partial charge is 0.244 e. The molecule has 0 saturated heterocycles. The molecule has 1 heterocycles. The fourth-order valence-corrected chi connectivity index (χ4v) is 2.99. The van der Waals surface area contributed by atoms with Crippen molar-refractivity contribution in [1.82, 2.24) is 9.88 Å². The molecule has 2 rings (SSSR count). The zero-order valence-corrected chi connectivity index (χ0v) is 12.5. The first-order valence-electron chi connectivity index (χ1n) is 6.16. The third-order valence-electron chi connectivity index (χ3n) is 2.82. The highest BCUT2D eigenvalue weighted by Crippen LogP contribution is 2.25. The molecule has 1 aromatic heterocycles. The number of nitrogens with one attached hydrogen (secondary N) is 1. The Hall–Kier alpha value is -1.90. The maximum Gasteiger partial charge on any atom is 0.244 e. The molecule has 0 atom stereocenters. The summed E-state index contributed by atoms with van der Waals surface area (Å²) in [4.78, 5) is -0.0308. The highest BCUT2D eigenvalue weighted by Gasteiger charge is 2.20. The van der Waals surface area contributed by atoms with Crippen LogP contribution in [0.25, 0.3) is 0 Å². The molecule has 2 aromatic rings. The van der Waals surface area contributed by atoms with Crippen molar-refractivity contribution >= 4 is 10.0 Å². The van der Waals surface area contributed by atoms with Gasteiger partial charge in [0, 0.05) is 6.07 Å². The maximum atomic E-state index is 12.3. The lowest BCUT2D eigenvalue weighted by atomic mass is 10.2. The molecule has 0 unspecified atom stereocenters. The average Bonchev–Trinajstić information content (AvgIpc) is 2.90. The van der Waals surface area contributed by atoms with E-state index in [0.29, 0.717) is 17.0 Å². The van der Waals surface area contributed by atoms with E-state index in [0.717, 1.165) is 0 Å². The van der Waals surface area contributed by atoms with Gasteiger partial charge in [0.05, 0.1) is 26.0 Å². The normalized spacial score (nSPS) is 11.6. The molecule has 0 radical (unpaired) electrons. The molecule has 0 aliphatic heterocycles. The van der Waals surface area contributed by atoms with Crippen LogP contribution < -0.4 is 9.46 Å². The first kappa shape index (κ1) is 15.5. The first-order chi connectivity index (χ1) is 9.96. The van der Waals surface area contributed by atoms with E-state index >= 15 is 0 Å². The van der Waals surface area contributed by atoms with Crippen LogP contribution >= 0.6 is 0 Å². The van der Waals surface area contributed by atoms with Crippen molar-refractivity contribution in [2.75, 3.05) is 7.11 Å². The Labute approximate surface area is 122 Å². The van der Waals surface area contributed by atoms with Crippen LogP contribution in [0, 0.1) is 6.92 Å².